The van der Waals surface area contributed by atoms with Crippen LogP contribution in [0.2, 0.25) is 0 Å². The zero-order chi connectivity index (χ0) is 25.5. The van der Waals surface area contributed by atoms with Gasteiger partial charge in [-0.05, 0) is 90.1 Å². The van der Waals surface area contributed by atoms with Gasteiger partial charge in [-0.3, -0.25) is 4.79 Å². The van der Waals surface area contributed by atoms with Gasteiger partial charge in [0.2, 0.25) is 0 Å². The van der Waals surface area contributed by atoms with E-state index >= 15 is 0 Å². The zero-order valence-corrected chi connectivity index (χ0v) is 23.7. The molecule has 3 rings (SSSR count). The molecule has 2 fully saturated rings. The molecule has 2 saturated carbocycles. The number of nitrogens with two attached hydrogens (primary N) is 1. The fourth-order valence-electron chi connectivity index (χ4n) is 8.27. The van der Waals surface area contributed by atoms with Gasteiger partial charge in [0.05, 0.1) is 6.10 Å². The van der Waals surface area contributed by atoms with E-state index in [0.717, 1.165) is 44.1 Å². The lowest BCUT2D eigenvalue weighted by Crippen LogP contribution is -2.55. The molecule has 0 unspecified atom stereocenters. The second-order valence-electron chi connectivity index (χ2n) is 13.9. The number of aliphatic hydroxyl groups is 1. The predicted molar refractivity (Wildman–Crippen MR) is 144 cm³/mol. The number of carbonyl (C=O) groups excluding carboxylic acids is 1. The van der Waals surface area contributed by atoms with Crippen LogP contribution in [0.4, 0.5) is 0 Å². The molecular weight excluding hydrogens is 418 g/mol. The Hall–Kier alpha value is -0.670. The molecule has 34 heavy (non-hydrogen) atoms. The largest absolute Gasteiger partial charge is 0.393 e. The third kappa shape index (κ3) is 4.70. The molecule has 0 amide bonds. The van der Waals surface area contributed by atoms with E-state index in [1.165, 1.54) is 37.7 Å². The monoisotopic (exact) mass is 473 g/mol. The Labute approximate surface area is 210 Å². The molecule has 0 aromatic carbocycles. The number of ketones is 1. The number of hydrogen-bond acceptors (Lipinski definition) is 3. The number of aliphatic hydroxyl groups excluding tert-OH is 1. The first-order valence-corrected chi connectivity index (χ1v) is 14.5. The first-order valence-electron chi connectivity index (χ1n) is 14.5. The minimum atomic E-state index is -0.393. The van der Waals surface area contributed by atoms with Gasteiger partial charge < -0.3 is 10.8 Å². The van der Waals surface area contributed by atoms with Crippen molar-refractivity contribution in [2.45, 2.75) is 144 Å². The van der Waals surface area contributed by atoms with Gasteiger partial charge in [-0.15, -0.1) is 0 Å². The van der Waals surface area contributed by atoms with Crippen LogP contribution in [0.5, 0.6) is 0 Å². The Morgan fingerprint density at radius 3 is 2.35 bits per heavy atom. The topological polar surface area (TPSA) is 63.3 Å². The molecule has 3 heteroatoms. The highest BCUT2D eigenvalue weighted by Gasteiger charge is 2.58. The Balaban J connectivity index is 1.89. The third-order valence-electron chi connectivity index (χ3n) is 11.2. The first kappa shape index (κ1) is 27.9. The zero-order valence-electron chi connectivity index (χ0n) is 23.7. The van der Waals surface area contributed by atoms with Gasteiger partial charge in [-0.25, -0.2) is 0 Å². The van der Waals surface area contributed by atoms with E-state index < -0.39 is 5.54 Å². The second kappa shape index (κ2) is 10.0. The van der Waals surface area contributed by atoms with Gasteiger partial charge in [0.1, 0.15) is 0 Å². The Bertz CT molecular complexity index is 782. The molecule has 3 nitrogen and oxygen atoms in total. The van der Waals surface area contributed by atoms with Crippen LogP contribution in [-0.4, -0.2) is 22.5 Å². The van der Waals surface area contributed by atoms with Crippen molar-refractivity contribution in [2.75, 3.05) is 0 Å². The van der Waals surface area contributed by atoms with Gasteiger partial charge in [0, 0.05) is 12.0 Å². The van der Waals surface area contributed by atoms with Crippen LogP contribution in [0, 0.1) is 34.0 Å². The number of rotatable bonds is 9. The van der Waals surface area contributed by atoms with E-state index in [1.54, 1.807) is 0 Å². The molecule has 3 N–H and O–H groups in total. The molecule has 0 bridgehead atoms. The van der Waals surface area contributed by atoms with Crippen LogP contribution in [0.3, 0.4) is 0 Å². The van der Waals surface area contributed by atoms with Crippen LogP contribution in [0.25, 0.3) is 0 Å². The van der Waals surface area contributed by atoms with Gasteiger partial charge >= 0.3 is 0 Å². The highest BCUT2D eigenvalue weighted by atomic mass is 16.3. The summed E-state index contributed by atoms with van der Waals surface area (Å²) in [4.78, 5) is 13.0. The van der Waals surface area contributed by atoms with E-state index in [2.05, 4.69) is 55.4 Å². The molecule has 6 atom stereocenters. The van der Waals surface area contributed by atoms with E-state index in [-0.39, 0.29) is 28.3 Å². The van der Waals surface area contributed by atoms with Crippen LogP contribution in [-0.2, 0) is 4.79 Å². The van der Waals surface area contributed by atoms with Crippen LogP contribution in [0.15, 0.2) is 11.1 Å². The Morgan fingerprint density at radius 2 is 1.76 bits per heavy atom. The van der Waals surface area contributed by atoms with E-state index in [9.17, 15) is 9.90 Å². The quantitative estimate of drug-likeness (QED) is 0.362. The lowest BCUT2D eigenvalue weighted by Gasteiger charge is -2.60. The predicted octanol–water partition coefficient (Wildman–Crippen LogP) is 7.60. The van der Waals surface area contributed by atoms with Gasteiger partial charge in [0.15, 0.2) is 5.78 Å². The SMILES string of the molecule is CCCC[C@H](O)C(C)(C)[C@@H]1CC[C@@](C)([C@]2(C)CC[C@@]3(N)CC(=O)C(C(C)C)=C3C2)[C@H](CCC)C1. The fourth-order valence-corrected chi connectivity index (χ4v) is 8.27. The average molecular weight is 474 g/mol. The molecule has 0 radical (unpaired) electrons. The molecule has 3 aliphatic carbocycles. The van der Waals surface area contributed by atoms with Gasteiger partial charge in [-0.1, -0.05) is 81.1 Å². The summed E-state index contributed by atoms with van der Waals surface area (Å²) in [6.45, 7) is 18.6. The standard InChI is InChI=1S/C31H55NO2/c1-9-11-13-26(34)28(5,6)22-14-15-30(8,23(18-22)12-10-2)29(7)16-17-31(32)20-25(33)27(21(3)4)24(31)19-29/h21-23,26,34H,9-20,32H2,1-8H3/t22-,23-,26+,29-,30-,31-/m1/s1. The molecule has 0 aromatic heterocycles. The van der Waals surface area contributed by atoms with Crippen molar-refractivity contribution in [3.63, 3.8) is 0 Å². The smallest absolute Gasteiger partial charge is 0.161 e. The van der Waals surface area contributed by atoms with Crippen molar-refractivity contribution in [1.29, 1.82) is 0 Å². The van der Waals surface area contributed by atoms with Crippen molar-refractivity contribution < 1.29 is 9.90 Å². The van der Waals surface area contributed by atoms with Crippen LogP contribution >= 0.6 is 0 Å². The molecule has 0 saturated heterocycles. The number of fused-ring (bicyclic) bond motifs is 1. The molecule has 3 aliphatic rings. The second-order valence-corrected chi connectivity index (χ2v) is 13.9. The van der Waals surface area contributed by atoms with Crippen LogP contribution in [0.1, 0.15) is 132 Å². The summed E-state index contributed by atoms with van der Waals surface area (Å²) in [5.41, 5.74) is 9.26. The molecular formula is C31H55NO2. The molecule has 0 aliphatic heterocycles. The third-order valence-corrected chi connectivity index (χ3v) is 11.2. The normalized spacial score (nSPS) is 37.9. The number of carbonyl (C=O) groups is 1. The molecule has 0 aromatic rings. The number of allylic oxidation sites excluding steroid dienone is 1. The maximum atomic E-state index is 13.0. The molecule has 196 valence electrons. The highest BCUT2D eigenvalue weighted by molar-refractivity contribution is 6.01. The van der Waals surface area contributed by atoms with Crippen molar-refractivity contribution in [3.8, 4) is 0 Å². The van der Waals surface area contributed by atoms with Gasteiger partial charge in [0.25, 0.3) is 0 Å². The van der Waals surface area contributed by atoms with E-state index in [4.69, 9.17) is 5.73 Å². The maximum Gasteiger partial charge on any atom is 0.161 e. The Morgan fingerprint density at radius 1 is 1.09 bits per heavy atom. The van der Waals surface area contributed by atoms with E-state index in [0.29, 0.717) is 24.0 Å². The lowest BCUT2D eigenvalue weighted by molar-refractivity contribution is -0.116. The van der Waals surface area contributed by atoms with Crippen molar-refractivity contribution in [1.82, 2.24) is 0 Å². The molecule has 0 spiro atoms. The van der Waals surface area contributed by atoms with Crippen molar-refractivity contribution in [2.24, 2.45) is 39.7 Å². The minimum absolute atomic E-state index is 0.0341. The number of Topliss-reactive ketones (excluding diaryl/α,β-unsaturated/α-hetero) is 1. The lowest BCUT2D eigenvalue weighted by atomic mass is 9.45. The summed E-state index contributed by atoms with van der Waals surface area (Å²) in [6, 6.07) is 0. The summed E-state index contributed by atoms with van der Waals surface area (Å²) in [6.07, 6.45) is 12.7. The summed E-state index contributed by atoms with van der Waals surface area (Å²) in [5, 5.41) is 11.1. The van der Waals surface area contributed by atoms with E-state index in [1.807, 2.05) is 0 Å². The maximum absolute atomic E-state index is 13.0. The summed E-state index contributed by atoms with van der Waals surface area (Å²) in [5.74, 6) is 1.79. The minimum Gasteiger partial charge on any atom is -0.393 e. The van der Waals surface area contributed by atoms with Crippen molar-refractivity contribution >= 4 is 5.78 Å². The summed E-state index contributed by atoms with van der Waals surface area (Å²) in [7, 11) is 0. The summed E-state index contributed by atoms with van der Waals surface area (Å²) >= 11 is 0. The highest BCUT2D eigenvalue weighted by Crippen LogP contribution is 2.65. The average Bonchev–Trinajstić information content (AvgIpc) is 3.02. The van der Waals surface area contributed by atoms with Crippen LogP contribution < -0.4 is 5.73 Å². The van der Waals surface area contributed by atoms with Gasteiger partial charge in [-0.2, -0.15) is 0 Å². The first-order chi connectivity index (χ1) is 15.8. The van der Waals surface area contributed by atoms with Crippen molar-refractivity contribution in [3.05, 3.63) is 11.1 Å². The summed E-state index contributed by atoms with van der Waals surface area (Å²) < 4.78 is 0. The number of hydrogen-bond donors (Lipinski definition) is 2. The number of unbranched alkanes of at least 4 members (excludes halogenated alkanes) is 1. The fraction of sp³-hybridized carbons (Fsp3) is 0.903. The Kier molecular flexibility index (Phi) is 8.21. The molecule has 0 heterocycles.